The lowest BCUT2D eigenvalue weighted by Crippen LogP contribution is -2.41. The quantitative estimate of drug-likeness (QED) is 0.824. The molecule has 0 atom stereocenters. The van der Waals surface area contributed by atoms with Gasteiger partial charge in [-0.15, -0.1) is 0 Å². The van der Waals surface area contributed by atoms with Crippen molar-refractivity contribution in [1.29, 1.82) is 0 Å². The van der Waals surface area contributed by atoms with E-state index < -0.39 is 40.0 Å². The van der Waals surface area contributed by atoms with Crippen LogP contribution in [0.1, 0.15) is 24.2 Å². The van der Waals surface area contributed by atoms with E-state index in [0.29, 0.717) is 0 Å². The molecule has 1 aromatic carbocycles. The summed E-state index contributed by atoms with van der Waals surface area (Å²) in [5.74, 6) is -4.11. The Morgan fingerprint density at radius 2 is 1.90 bits per heavy atom. The molecule has 0 spiro atoms. The lowest BCUT2D eigenvalue weighted by atomic mass is 10.2. The Hall–Kier alpha value is -1.54. The van der Waals surface area contributed by atoms with Gasteiger partial charge in [-0.1, -0.05) is 12.1 Å². The second-order valence-corrected chi connectivity index (χ2v) is 7.31. The van der Waals surface area contributed by atoms with Crippen LogP contribution in [0, 0.1) is 0 Å². The van der Waals surface area contributed by atoms with Gasteiger partial charge < -0.3 is 11.1 Å². The van der Waals surface area contributed by atoms with E-state index in [1.807, 2.05) is 5.32 Å². The van der Waals surface area contributed by atoms with Gasteiger partial charge in [0.25, 0.3) is 11.8 Å². The van der Waals surface area contributed by atoms with E-state index in [9.17, 15) is 22.0 Å². The summed E-state index contributed by atoms with van der Waals surface area (Å²) in [6.45, 7) is 1.11. The molecule has 21 heavy (non-hydrogen) atoms. The van der Waals surface area contributed by atoms with Crippen molar-refractivity contribution in [3.05, 3.63) is 29.8 Å². The van der Waals surface area contributed by atoms with Crippen LogP contribution in [-0.4, -0.2) is 38.6 Å². The number of alkyl halides is 2. The number of nitrogens with one attached hydrogen (secondary N) is 1. The molecule has 0 aliphatic heterocycles. The maximum Gasteiger partial charge on any atom is 0.277 e. The number of carbonyl (C=O) groups excluding carboxylic acids is 1. The van der Waals surface area contributed by atoms with Crippen molar-refractivity contribution >= 4 is 15.7 Å². The predicted molar refractivity (Wildman–Crippen MR) is 75.1 cm³/mol. The van der Waals surface area contributed by atoms with E-state index in [1.54, 1.807) is 0 Å². The molecule has 0 saturated heterocycles. The summed E-state index contributed by atoms with van der Waals surface area (Å²) >= 11 is 0. The zero-order valence-electron chi connectivity index (χ0n) is 11.8. The second kappa shape index (κ2) is 6.48. The third-order valence-corrected chi connectivity index (χ3v) is 5.08. The van der Waals surface area contributed by atoms with Crippen molar-refractivity contribution in [1.82, 2.24) is 5.32 Å². The molecule has 3 N–H and O–H groups in total. The van der Waals surface area contributed by atoms with Gasteiger partial charge in [0.1, 0.15) is 0 Å². The van der Waals surface area contributed by atoms with Crippen LogP contribution in [0.2, 0.25) is 0 Å². The molecule has 0 aliphatic carbocycles. The molecule has 0 radical (unpaired) electrons. The first kappa shape index (κ1) is 17.5. The highest BCUT2D eigenvalue weighted by Crippen LogP contribution is 2.20. The number of hydrogen-bond acceptors (Lipinski definition) is 4. The number of hydrogen-bond donors (Lipinski definition) is 2. The molecule has 1 aromatic rings. The molecule has 5 nitrogen and oxygen atoms in total. The van der Waals surface area contributed by atoms with Crippen LogP contribution in [-0.2, 0) is 9.84 Å². The molecule has 0 unspecified atom stereocenters. The van der Waals surface area contributed by atoms with E-state index in [2.05, 4.69) is 0 Å². The number of amides is 1. The SMILES string of the molecule is CC(C)S(=O)(=O)c1ccccc1C(=O)NCC(F)(F)CN. The highest BCUT2D eigenvalue weighted by atomic mass is 32.2. The third kappa shape index (κ3) is 4.21. The third-order valence-electron chi connectivity index (χ3n) is 2.87. The summed E-state index contributed by atoms with van der Waals surface area (Å²) in [7, 11) is -3.68. The standard InChI is InChI=1S/C13H18F2N2O3S/c1-9(2)21(19,20)11-6-4-3-5-10(11)12(18)17-8-13(14,15)7-16/h3-6,9H,7-8,16H2,1-2H3,(H,17,18). The molecule has 0 heterocycles. The molecule has 0 bridgehead atoms. The van der Waals surface area contributed by atoms with Gasteiger partial charge >= 0.3 is 0 Å². The van der Waals surface area contributed by atoms with Gasteiger partial charge in [0.15, 0.2) is 9.84 Å². The van der Waals surface area contributed by atoms with Crippen molar-refractivity contribution < 1.29 is 22.0 Å². The van der Waals surface area contributed by atoms with Gasteiger partial charge in [0.2, 0.25) is 0 Å². The molecule has 1 rings (SSSR count). The fourth-order valence-corrected chi connectivity index (χ4v) is 2.78. The Labute approximate surface area is 122 Å². The topological polar surface area (TPSA) is 89.3 Å². The zero-order chi connectivity index (χ0) is 16.3. The number of nitrogens with two attached hydrogens (primary N) is 1. The summed E-state index contributed by atoms with van der Waals surface area (Å²) in [5.41, 5.74) is 4.72. The largest absolute Gasteiger partial charge is 0.346 e. The second-order valence-electron chi connectivity index (χ2n) is 4.83. The Bertz CT molecular complexity index is 616. The van der Waals surface area contributed by atoms with E-state index in [0.717, 1.165) is 0 Å². The van der Waals surface area contributed by atoms with E-state index in [4.69, 9.17) is 5.73 Å². The first-order chi connectivity index (χ1) is 9.62. The molecule has 1 amide bonds. The van der Waals surface area contributed by atoms with E-state index >= 15 is 0 Å². The Morgan fingerprint density at radius 1 is 1.33 bits per heavy atom. The fourth-order valence-electron chi connectivity index (χ4n) is 1.53. The Morgan fingerprint density at radius 3 is 2.43 bits per heavy atom. The summed E-state index contributed by atoms with van der Waals surface area (Å²) in [4.78, 5) is 11.8. The van der Waals surface area contributed by atoms with Gasteiger partial charge in [-0.25, -0.2) is 17.2 Å². The zero-order valence-corrected chi connectivity index (χ0v) is 12.6. The van der Waals surface area contributed by atoms with Crippen molar-refractivity contribution in [2.75, 3.05) is 13.1 Å². The smallest absolute Gasteiger partial charge is 0.277 e. The normalized spacial score (nSPS) is 12.5. The lowest BCUT2D eigenvalue weighted by Gasteiger charge is -2.16. The van der Waals surface area contributed by atoms with Crippen molar-refractivity contribution in [3.63, 3.8) is 0 Å². The maximum absolute atomic E-state index is 13.0. The van der Waals surface area contributed by atoms with Crippen LogP contribution >= 0.6 is 0 Å². The summed E-state index contributed by atoms with van der Waals surface area (Å²) in [6.07, 6.45) is 0. The van der Waals surface area contributed by atoms with Gasteiger partial charge in [0, 0.05) is 0 Å². The summed E-state index contributed by atoms with van der Waals surface area (Å²) in [5, 5.41) is 1.28. The number of carbonyl (C=O) groups is 1. The summed E-state index contributed by atoms with van der Waals surface area (Å²) in [6, 6.07) is 5.51. The van der Waals surface area contributed by atoms with Gasteiger partial charge in [-0.2, -0.15) is 0 Å². The Balaban J connectivity index is 3.07. The van der Waals surface area contributed by atoms with Crippen LogP contribution in [0.25, 0.3) is 0 Å². The van der Waals surface area contributed by atoms with E-state index in [1.165, 1.54) is 38.1 Å². The van der Waals surface area contributed by atoms with Crippen LogP contribution in [0.5, 0.6) is 0 Å². The van der Waals surface area contributed by atoms with E-state index in [-0.39, 0.29) is 10.5 Å². The highest BCUT2D eigenvalue weighted by molar-refractivity contribution is 7.92. The minimum absolute atomic E-state index is 0.154. The van der Waals surface area contributed by atoms with Crippen molar-refractivity contribution in [2.24, 2.45) is 5.73 Å². The van der Waals surface area contributed by atoms with Crippen LogP contribution in [0.15, 0.2) is 29.2 Å². The van der Waals surface area contributed by atoms with Crippen LogP contribution in [0.3, 0.4) is 0 Å². The van der Waals surface area contributed by atoms with Gasteiger partial charge in [-0.05, 0) is 26.0 Å². The summed E-state index contributed by atoms with van der Waals surface area (Å²) < 4.78 is 50.4. The molecule has 0 saturated carbocycles. The van der Waals surface area contributed by atoms with Gasteiger partial charge in [-0.3, -0.25) is 4.79 Å². The van der Waals surface area contributed by atoms with Crippen LogP contribution in [0.4, 0.5) is 8.78 Å². The average Bonchev–Trinajstić information content (AvgIpc) is 2.44. The number of halogens is 2. The minimum atomic E-state index is -3.68. The predicted octanol–water partition coefficient (Wildman–Crippen LogP) is 1.19. The van der Waals surface area contributed by atoms with Crippen LogP contribution < -0.4 is 11.1 Å². The highest BCUT2D eigenvalue weighted by Gasteiger charge is 2.29. The monoisotopic (exact) mass is 320 g/mol. The lowest BCUT2D eigenvalue weighted by molar-refractivity contribution is 0.0118. The first-order valence-electron chi connectivity index (χ1n) is 6.31. The number of benzene rings is 1. The molecule has 0 fully saturated rings. The van der Waals surface area contributed by atoms with Gasteiger partial charge in [0.05, 0.1) is 28.8 Å². The number of rotatable bonds is 6. The molecular formula is C13H18F2N2O3S. The molecule has 0 aromatic heterocycles. The fraction of sp³-hybridized carbons (Fsp3) is 0.462. The first-order valence-corrected chi connectivity index (χ1v) is 7.85. The molecule has 118 valence electrons. The maximum atomic E-state index is 13.0. The molecule has 8 heteroatoms. The Kier molecular flexibility index (Phi) is 5.41. The molecular weight excluding hydrogens is 302 g/mol. The van der Waals surface area contributed by atoms with Crippen molar-refractivity contribution in [3.8, 4) is 0 Å². The minimum Gasteiger partial charge on any atom is -0.346 e. The average molecular weight is 320 g/mol. The number of sulfone groups is 1. The molecule has 0 aliphatic rings. The van der Waals surface area contributed by atoms with Crippen molar-refractivity contribution in [2.45, 2.75) is 29.9 Å².